The average molecular weight is 187 g/mol. The van der Waals surface area contributed by atoms with Crippen molar-refractivity contribution in [2.45, 2.75) is 0 Å². The van der Waals surface area contributed by atoms with Crippen LogP contribution in [0.4, 0.5) is 34.5 Å². The van der Waals surface area contributed by atoms with Gasteiger partial charge in [-0.15, -0.1) is 0 Å². The van der Waals surface area contributed by atoms with Gasteiger partial charge in [0.15, 0.2) is 0 Å². The Morgan fingerprint density at radius 1 is 0.417 bits per heavy atom. The summed E-state index contributed by atoms with van der Waals surface area (Å²) in [5.74, 6) is 0. The maximum Gasteiger partial charge on any atom is 1.00 e. The van der Waals surface area contributed by atoms with E-state index in [-0.39, 0.29) is 37.7 Å². The Kier molecular flexibility index (Phi) is 16.0. The fraction of sp³-hybridized carbons (Fsp3) is 0. The molecule has 0 aromatic heterocycles. The van der Waals surface area contributed by atoms with E-state index in [1.54, 1.807) is 0 Å². The first-order valence-corrected chi connectivity index (χ1v) is 1.75. The number of halogens is 8. The topological polar surface area (TPSA) is 0 Å². The third-order valence-corrected chi connectivity index (χ3v) is 0. The summed E-state index contributed by atoms with van der Waals surface area (Å²) in [6, 6.07) is 0. The van der Waals surface area contributed by atoms with Crippen molar-refractivity contribution < 1.29 is 72.2 Å². The molecule has 0 rings (SSSR count). The van der Waals surface area contributed by atoms with Gasteiger partial charge in [-0.3, -0.25) is 0 Å². The van der Waals surface area contributed by atoms with Gasteiger partial charge in [-0.1, -0.05) is 0 Å². The van der Waals surface area contributed by atoms with Crippen LogP contribution in [0.25, 0.3) is 0 Å². The van der Waals surface area contributed by atoms with Gasteiger partial charge in [0.05, 0.1) is 0 Å². The van der Waals surface area contributed by atoms with E-state index in [9.17, 15) is 34.5 Å². The minimum atomic E-state index is -6.00. The van der Waals surface area contributed by atoms with Crippen molar-refractivity contribution in [1.29, 1.82) is 0 Å². The van der Waals surface area contributed by atoms with Crippen molar-refractivity contribution >= 4 is 14.5 Å². The first kappa shape index (κ1) is 23.0. The van der Waals surface area contributed by atoms with E-state index in [2.05, 4.69) is 0 Å². The van der Waals surface area contributed by atoms with E-state index < -0.39 is 14.5 Å². The fourth-order valence-corrected chi connectivity index (χ4v) is 0. The molecule has 0 radical (unpaired) electrons. The van der Waals surface area contributed by atoms with Crippen molar-refractivity contribution in [1.82, 2.24) is 0 Å². The van der Waals surface area contributed by atoms with Gasteiger partial charge in [-0.25, -0.2) is 0 Å². The van der Waals surface area contributed by atoms with Crippen molar-refractivity contribution in [2.24, 2.45) is 0 Å². The molecule has 0 saturated carbocycles. The van der Waals surface area contributed by atoms with Crippen LogP contribution >= 0.6 is 0 Å². The molecule has 0 nitrogen and oxygen atoms in total. The molecule has 0 bridgehead atoms. The zero-order valence-electron chi connectivity index (χ0n) is 6.18. The van der Waals surface area contributed by atoms with E-state index >= 15 is 0 Å². The Morgan fingerprint density at radius 2 is 0.417 bits per heavy atom. The van der Waals surface area contributed by atoms with Crippen LogP contribution in [0, 0.1) is 0 Å². The van der Waals surface area contributed by atoms with E-state index in [4.69, 9.17) is 0 Å². The van der Waals surface area contributed by atoms with Crippen LogP contribution in [0.2, 0.25) is 0 Å². The molecule has 64 valence electrons. The van der Waals surface area contributed by atoms with E-state index in [0.29, 0.717) is 0 Å². The molecule has 0 aliphatic carbocycles. The SMILES string of the molecule is F[B-](F)(F)F.F[B-](F)(F)F.[Li+].[Li+]. The summed E-state index contributed by atoms with van der Waals surface area (Å²) in [5, 5.41) is 0. The summed E-state index contributed by atoms with van der Waals surface area (Å²) < 4.78 is 78.0. The van der Waals surface area contributed by atoms with Gasteiger partial charge < -0.3 is 34.5 Å². The Hall–Kier alpha value is 0.765. The van der Waals surface area contributed by atoms with E-state index in [0.717, 1.165) is 0 Å². The van der Waals surface area contributed by atoms with Gasteiger partial charge in [-0.05, 0) is 0 Å². The predicted octanol–water partition coefficient (Wildman–Crippen LogP) is -3.39. The maximum atomic E-state index is 9.75. The van der Waals surface area contributed by atoms with E-state index in [1.807, 2.05) is 0 Å². The molecule has 0 aliphatic rings. The molecule has 12 heavy (non-hydrogen) atoms. The third kappa shape index (κ3) is 1760. The molecule has 0 aromatic carbocycles. The number of rotatable bonds is 0. The molecule has 0 aromatic rings. The van der Waals surface area contributed by atoms with Crippen molar-refractivity contribution in [2.75, 3.05) is 0 Å². The van der Waals surface area contributed by atoms with Crippen molar-refractivity contribution in [3.63, 3.8) is 0 Å². The smallest absolute Gasteiger partial charge is 0.418 e. The first-order valence-electron chi connectivity index (χ1n) is 1.75. The fourth-order valence-electron chi connectivity index (χ4n) is 0. The summed E-state index contributed by atoms with van der Waals surface area (Å²) in [7, 11) is -12.0. The van der Waals surface area contributed by atoms with Crippen molar-refractivity contribution in [3.05, 3.63) is 0 Å². The zero-order chi connectivity index (χ0) is 9.00. The van der Waals surface area contributed by atoms with Crippen LogP contribution in [-0.4, -0.2) is 14.5 Å². The Labute approximate surface area is 87.0 Å². The van der Waals surface area contributed by atoms with Gasteiger partial charge in [0.25, 0.3) is 0 Å². The van der Waals surface area contributed by atoms with Gasteiger partial charge in [0, 0.05) is 0 Å². The van der Waals surface area contributed by atoms with Crippen LogP contribution in [0.5, 0.6) is 0 Å². The van der Waals surface area contributed by atoms with E-state index in [1.165, 1.54) is 0 Å². The third-order valence-electron chi connectivity index (χ3n) is 0. The molecule has 0 heterocycles. The Morgan fingerprint density at radius 3 is 0.417 bits per heavy atom. The minimum Gasteiger partial charge on any atom is -0.418 e. The largest absolute Gasteiger partial charge is 1.00 e. The number of hydrogen-bond acceptors (Lipinski definition) is 0. The standard InChI is InChI=1S/2BF4.2Li/c2*2-1(3,4)5;;/q2*-1;2*+1. The van der Waals surface area contributed by atoms with Gasteiger partial charge in [0.2, 0.25) is 0 Å². The summed E-state index contributed by atoms with van der Waals surface area (Å²) >= 11 is 0. The molecule has 0 spiro atoms. The quantitative estimate of drug-likeness (QED) is 0.274. The minimum absolute atomic E-state index is 0. The number of hydrogen-bond donors (Lipinski definition) is 0. The summed E-state index contributed by atoms with van der Waals surface area (Å²) in [6.07, 6.45) is 0. The summed E-state index contributed by atoms with van der Waals surface area (Å²) in [4.78, 5) is 0. The molecule has 0 amide bonds. The first-order chi connectivity index (χ1) is 4.00. The van der Waals surface area contributed by atoms with Crippen LogP contribution in [-0.2, 0) is 0 Å². The summed E-state index contributed by atoms with van der Waals surface area (Å²) in [6.45, 7) is 0. The average Bonchev–Trinajstić information content (AvgIpc) is 1.12. The van der Waals surface area contributed by atoms with Gasteiger partial charge >= 0.3 is 52.2 Å². The molecule has 0 aliphatic heterocycles. The summed E-state index contributed by atoms with van der Waals surface area (Å²) in [5.41, 5.74) is 0. The normalized spacial score (nSPS) is 10.0. The van der Waals surface area contributed by atoms with Crippen LogP contribution in [0.1, 0.15) is 0 Å². The molecular formula is B2F8Li2. The van der Waals surface area contributed by atoms with Crippen LogP contribution < -0.4 is 37.7 Å². The Bertz CT molecular complexity index is 58.0. The predicted molar refractivity (Wildman–Crippen MR) is 20.4 cm³/mol. The molecule has 0 unspecified atom stereocenters. The van der Waals surface area contributed by atoms with Crippen molar-refractivity contribution in [3.8, 4) is 0 Å². The van der Waals surface area contributed by atoms with Gasteiger partial charge in [-0.2, -0.15) is 0 Å². The van der Waals surface area contributed by atoms with Crippen LogP contribution in [0.15, 0.2) is 0 Å². The molecule has 0 N–H and O–H groups in total. The maximum absolute atomic E-state index is 9.75. The zero-order valence-corrected chi connectivity index (χ0v) is 6.18. The second-order valence-corrected chi connectivity index (χ2v) is 0.990. The Balaban J connectivity index is -0.0000000457. The molecule has 0 saturated heterocycles. The van der Waals surface area contributed by atoms with Gasteiger partial charge in [0.1, 0.15) is 0 Å². The monoisotopic (exact) mass is 188 g/mol. The second-order valence-electron chi connectivity index (χ2n) is 0.990. The molecular weight excluding hydrogens is 187 g/mol. The second kappa shape index (κ2) is 8.37. The molecule has 0 atom stereocenters. The molecule has 12 heteroatoms. The molecule has 0 fully saturated rings. The van der Waals surface area contributed by atoms with Crippen LogP contribution in [0.3, 0.4) is 0 Å².